The van der Waals surface area contributed by atoms with Crippen molar-refractivity contribution >= 4 is 23.4 Å². The molecule has 1 nitrogen and oxygen atoms in total. The molecule has 0 radical (unpaired) electrons. The predicted octanol–water partition coefficient (Wildman–Crippen LogP) is 3.16. The number of phenols is 1. The summed E-state index contributed by atoms with van der Waals surface area (Å²) in [6.45, 7) is 2.02. The van der Waals surface area contributed by atoms with Crippen molar-refractivity contribution in [2.24, 2.45) is 0 Å². The van der Waals surface area contributed by atoms with Gasteiger partial charge in [-0.25, -0.2) is 0 Å². The third kappa shape index (κ3) is 2.04. The number of benzene rings is 1. The molecule has 0 aliphatic rings. The average molecular weight is 189 g/mol. The molecule has 0 aromatic heterocycles. The number of aromatic hydroxyl groups is 1. The van der Waals surface area contributed by atoms with E-state index in [4.69, 9.17) is 11.6 Å². The molecule has 0 saturated heterocycles. The first kappa shape index (κ1) is 8.75. The smallest absolute Gasteiger partial charge is 0.130 e. The summed E-state index contributed by atoms with van der Waals surface area (Å²) >= 11 is 7.37. The van der Waals surface area contributed by atoms with E-state index in [0.717, 1.165) is 10.6 Å². The summed E-state index contributed by atoms with van der Waals surface area (Å²) in [7, 11) is 0. The van der Waals surface area contributed by atoms with Crippen LogP contribution in [0.15, 0.2) is 23.1 Å². The first-order chi connectivity index (χ1) is 5.25. The molecule has 0 spiro atoms. The van der Waals surface area contributed by atoms with Crippen LogP contribution in [0.5, 0.6) is 5.75 Å². The van der Waals surface area contributed by atoms with E-state index in [2.05, 4.69) is 0 Å². The van der Waals surface area contributed by atoms with Crippen LogP contribution >= 0.6 is 23.4 Å². The van der Waals surface area contributed by atoms with Gasteiger partial charge in [-0.05, 0) is 17.9 Å². The Hall–Kier alpha value is -0.340. The Kier molecular flexibility index (Phi) is 3.09. The van der Waals surface area contributed by atoms with Crippen molar-refractivity contribution in [3.8, 4) is 5.75 Å². The highest BCUT2D eigenvalue weighted by Crippen LogP contribution is 2.34. The zero-order valence-corrected chi connectivity index (χ0v) is 7.75. The minimum absolute atomic E-state index is 0.268. The maximum absolute atomic E-state index is 9.32. The molecule has 60 valence electrons. The van der Waals surface area contributed by atoms with E-state index in [0.29, 0.717) is 5.02 Å². The van der Waals surface area contributed by atoms with Gasteiger partial charge < -0.3 is 5.11 Å². The zero-order valence-electron chi connectivity index (χ0n) is 6.17. The summed E-state index contributed by atoms with van der Waals surface area (Å²) in [4.78, 5) is 0.775. The van der Waals surface area contributed by atoms with Crippen LogP contribution in [0.4, 0.5) is 0 Å². The molecular weight excluding hydrogens is 180 g/mol. The first-order valence-electron chi connectivity index (χ1n) is 3.36. The van der Waals surface area contributed by atoms with E-state index >= 15 is 0 Å². The number of hydrogen-bond acceptors (Lipinski definition) is 2. The number of halogens is 1. The van der Waals surface area contributed by atoms with Gasteiger partial charge in [0.25, 0.3) is 0 Å². The van der Waals surface area contributed by atoms with Crippen molar-refractivity contribution in [1.29, 1.82) is 0 Å². The second-order valence-electron chi connectivity index (χ2n) is 2.02. The minimum Gasteiger partial charge on any atom is -0.507 e. The van der Waals surface area contributed by atoms with Gasteiger partial charge in [-0.15, -0.1) is 11.8 Å². The van der Waals surface area contributed by atoms with Gasteiger partial charge in [0.1, 0.15) is 5.75 Å². The maximum Gasteiger partial charge on any atom is 0.130 e. The summed E-state index contributed by atoms with van der Waals surface area (Å²) in [5.74, 6) is 1.18. The zero-order chi connectivity index (χ0) is 8.27. The monoisotopic (exact) mass is 188 g/mol. The van der Waals surface area contributed by atoms with Crippen LogP contribution in [0.2, 0.25) is 5.02 Å². The van der Waals surface area contributed by atoms with Gasteiger partial charge in [0.2, 0.25) is 0 Å². The Balaban J connectivity index is 3.00. The van der Waals surface area contributed by atoms with Crippen LogP contribution in [0.1, 0.15) is 6.92 Å². The summed E-state index contributed by atoms with van der Waals surface area (Å²) in [5, 5.41) is 9.94. The fraction of sp³-hybridized carbons (Fsp3) is 0.250. The highest BCUT2D eigenvalue weighted by molar-refractivity contribution is 7.99. The number of hydrogen-bond donors (Lipinski definition) is 1. The second-order valence-corrected chi connectivity index (χ2v) is 3.70. The third-order valence-corrected chi connectivity index (χ3v) is 2.67. The Morgan fingerprint density at radius 3 is 2.82 bits per heavy atom. The second kappa shape index (κ2) is 3.88. The highest BCUT2D eigenvalue weighted by Gasteiger charge is 2.03. The van der Waals surface area contributed by atoms with Crippen LogP contribution < -0.4 is 0 Å². The summed E-state index contributed by atoms with van der Waals surface area (Å²) in [6, 6.07) is 5.15. The molecule has 3 heteroatoms. The summed E-state index contributed by atoms with van der Waals surface area (Å²) in [5.41, 5.74) is 0. The highest BCUT2D eigenvalue weighted by atomic mass is 35.5. The molecule has 11 heavy (non-hydrogen) atoms. The average Bonchev–Trinajstić information content (AvgIpc) is 1.97. The van der Waals surface area contributed by atoms with Gasteiger partial charge in [0.05, 0.1) is 9.92 Å². The Labute approximate surface area is 75.4 Å². The fourth-order valence-electron chi connectivity index (χ4n) is 0.785. The molecule has 0 aliphatic carbocycles. The molecule has 1 aromatic carbocycles. The molecule has 1 aromatic rings. The van der Waals surface area contributed by atoms with Crippen molar-refractivity contribution in [3.63, 3.8) is 0 Å². The van der Waals surface area contributed by atoms with E-state index < -0.39 is 0 Å². The quantitative estimate of drug-likeness (QED) is 0.720. The van der Waals surface area contributed by atoms with Crippen molar-refractivity contribution in [3.05, 3.63) is 23.2 Å². The van der Waals surface area contributed by atoms with Gasteiger partial charge in [-0.3, -0.25) is 0 Å². The Bertz CT molecular complexity index is 230. The fourth-order valence-corrected chi connectivity index (χ4v) is 1.83. The van der Waals surface area contributed by atoms with E-state index in [9.17, 15) is 5.11 Å². The van der Waals surface area contributed by atoms with Crippen LogP contribution in [0.3, 0.4) is 0 Å². The molecule has 1 rings (SSSR count). The van der Waals surface area contributed by atoms with E-state index in [1.54, 1.807) is 30.0 Å². The molecule has 0 aliphatic heterocycles. The van der Waals surface area contributed by atoms with Crippen molar-refractivity contribution in [2.45, 2.75) is 11.8 Å². The van der Waals surface area contributed by atoms with Gasteiger partial charge in [-0.1, -0.05) is 24.6 Å². The predicted molar refractivity (Wildman–Crippen MR) is 49.5 cm³/mol. The molecule has 0 amide bonds. The van der Waals surface area contributed by atoms with E-state index in [1.165, 1.54) is 0 Å². The van der Waals surface area contributed by atoms with E-state index in [-0.39, 0.29) is 5.75 Å². The normalized spacial score (nSPS) is 10.0. The SMILES string of the molecule is CCSc1c(O)cccc1Cl. The summed E-state index contributed by atoms with van der Waals surface area (Å²) in [6.07, 6.45) is 0. The molecular formula is C8H9ClOS. The van der Waals surface area contributed by atoms with Crippen molar-refractivity contribution in [1.82, 2.24) is 0 Å². The topological polar surface area (TPSA) is 20.2 Å². The molecule has 0 saturated carbocycles. The Morgan fingerprint density at radius 2 is 2.27 bits per heavy atom. The molecule has 0 heterocycles. The maximum atomic E-state index is 9.32. The molecule has 1 N–H and O–H groups in total. The lowest BCUT2D eigenvalue weighted by molar-refractivity contribution is 0.462. The van der Waals surface area contributed by atoms with Crippen LogP contribution in [0.25, 0.3) is 0 Å². The lowest BCUT2D eigenvalue weighted by atomic mass is 10.3. The number of thioether (sulfide) groups is 1. The molecule has 0 fully saturated rings. The van der Waals surface area contributed by atoms with E-state index in [1.807, 2.05) is 6.92 Å². The molecule has 0 bridgehead atoms. The van der Waals surface area contributed by atoms with Gasteiger partial charge in [-0.2, -0.15) is 0 Å². The van der Waals surface area contributed by atoms with Crippen LogP contribution in [0, 0.1) is 0 Å². The van der Waals surface area contributed by atoms with Crippen molar-refractivity contribution < 1.29 is 5.11 Å². The van der Waals surface area contributed by atoms with Crippen LogP contribution in [-0.2, 0) is 0 Å². The molecule has 0 unspecified atom stereocenters. The van der Waals surface area contributed by atoms with Gasteiger partial charge in [0, 0.05) is 0 Å². The number of rotatable bonds is 2. The first-order valence-corrected chi connectivity index (χ1v) is 4.72. The van der Waals surface area contributed by atoms with Gasteiger partial charge >= 0.3 is 0 Å². The van der Waals surface area contributed by atoms with Crippen molar-refractivity contribution in [2.75, 3.05) is 5.75 Å². The third-order valence-electron chi connectivity index (χ3n) is 1.23. The largest absolute Gasteiger partial charge is 0.507 e. The lowest BCUT2D eigenvalue weighted by Gasteiger charge is -2.03. The van der Waals surface area contributed by atoms with Crippen LogP contribution in [-0.4, -0.2) is 10.9 Å². The molecule has 0 atom stereocenters. The lowest BCUT2D eigenvalue weighted by Crippen LogP contribution is -1.76. The number of phenolic OH excluding ortho intramolecular Hbond substituents is 1. The van der Waals surface area contributed by atoms with Gasteiger partial charge in [0.15, 0.2) is 0 Å². The Morgan fingerprint density at radius 1 is 1.55 bits per heavy atom. The standard InChI is InChI=1S/C8H9ClOS/c1-2-11-8-6(9)4-3-5-7(8)10/h3-5,10H,2H2,1H3. The summed E-state index contributed by atoms with van der Waals surface area (Å²) < 4.78 is 0. The minimum atomic E-state index is 0.268.